The Balaban J connectivity index is 1.35. The van der Waals surface area contributed by atoms with Gasteiger partial charge < -0.3 is 10.1 Å². The molecule has 32 heavy (non-hydrogen) atoms. The predicted octanol–water partition coefficient (Wildman–Crippen LogP) is 2.93. The van der Waals surface area contributed by atoms with Crippen LogP contribution in [0.5, 0.6) is 5.88 Å². The zero-order chi connectivity index (χ0) is 22.3. The zero-order valence-corrected chi connectivity index (χ0v) is 19.0. The number of ether oxygens (including phenoxy) is 1. The zero-order valence-electron chi connectivity index (χ0n) is 18.1. The summed E-state index contributed by atoms with van der Waals surface area (Å²) in [6.07, 6.45) is 7.94. The SMILES string of the molecule is COc1cc(-c2ccc3c(c2NC(=O)NS(=O)(=O)C2CN(C4CCC4)C2)CCC3)ccn1. The molecule has 0 radical (unpaired) electrons. The molecule has 5 rings (SSSR count). The Kier molecular flexibility index (Phi) is 5.54. The highest BCUT2D eigenvalue weighted by Gasteiger charge is 2.42. The van der Waals surface area contributed by atoms with E-state index in [9.17, 15) is 13.2 Å². The third-order valence-electron chi connectivity index (χ3n) is 6.92. The Morgan fingerprint density at radius 1 is 1.16 bits per heavy atom. The first-order valence-electron chi connectivity index (χ1n) is 11.2. The maximum Gasteiger partial charge on any atom is 0.332 e. The van der Waals surface area contributed by atoms with Gasteiger partial charge in [0.15, 0.2) is 0 Å². The summed E-state index contributed by atoms with van der Waals surface area (Å²) in [7, 11) is -2.17. The molecular formula is C23H28N4O4S. The van der Waals surface area contributed by atoms with Gasteiger partial charge >= 0.3 is 6.03 Å². The van der Waals surface area contributed by atoms with E-state index in [0.29, 0.717) is 30.7 Å². The Labute approximate surface area is 188 Å². The number of pyridine rings is 1. The number of methoxy groups -OCH3 is 1. The number of hydrogen-bond donors (Lipinski definition) is 2. The van der Waals surface area contributed by atoms with Crippen molar-refractivity contribution in [2.75, 3.05) is 25.5 Å². The normalized spacial score (nSPS) is 19.0. The lowest BCUT2D eigenvalue weighted by Crippen LogP contribution is -2.62. The number of aryl methyl sites for hydroxylation is 1. The van der Waals surface area contributed by atoms with Gasteiger partial charge in [0, 0.05) is 37.0 Å². The molecule has 1 aromatic carbocycles. The van der Waals surface area contributed by atoms with Crippen LogP contribution in [-0.2, 0) is 22.9 Å². The first-order valence-corrected chi connectivity index (χ1v) is 12.7. The largest absolute Gasteiger partial charge is 0.481 e. The molecule has 8 nitrogen and oxygen atoms in total. The average molecular weight is 457 g/mol. The van der Waals surface area contributed by atoms with Crippen LogP contribution in [0.15, 0.2) is 30.5 Å². The second-order valence-electron chi connectivity index (χ2n) is 8.83. The highest BCUT2D eigenvalue weighted by molar-refractivity contribution is 7.90. The lowest BCUT2D eigenvalue weighted by Gasteiger charge is -2.47. The lowest BCUT2D eigenvalue weighted by atomic mass is 9.89. The maximum atomic E-state index is 12.8. The van der Waals surface area contributed by atoms with Crippen molar-refractivity contribution in [1.29, 1.82) is 0 Å². The van der Waals surface area contributed by atoms with Gasteiger partial charge in [0.1, 0.15) is 5.25 Å². The number of likely N-dealkylation sites (tertiary alicyclic amines) is 1. The summed E-state index contributed by atoms with van der Waals surface area (Å²) in [6, 6.07) is 7.50. The van der Waals surface area contributed by atoms with Crippen molar-refractivity contribution in [3.63, 3.8) is 0 Å². The molecule has 170 valence electrons. The van der Waals surface area contributed by atoms with Crippen molar-refractivity contribution < 1.29 is 17.9 Å². The number of nitrogens with one attached hydrogen (secondary N) is 2. The molecule has 9 heteroatoms. The van der Waals surface area contributed by atoms with Crippen LogP contribution in [0.1, 0.15) is 36.8 Å². The highest BCUT2D eigenvalue weighted by Crippen LogP contribution is 2.38. The van der Waals surface area contributed by atoms with E-state index in [1.807, 2.05) is 12.1 Å². The van der Waals surface area contributed by atoms with Crippen molar-refractivity contribution in [2.24, 2.45) is 0 Å². The van der Waals surface area contributed by atoms with Crippen molar-refractivity contribution in [2.45, 2.75) is 49.8 Å². The topological polar surface area (TPSA) is 101 Å². The Hall–Kier alpha value is -2.65. The van der Waals surface area contributed by atoms with E-state index in [0.717, 1.165) is 48.8 Å². The van der Waals surface area contributed by atoms with Crippen LogP contribution >= 0.6 is 0 Å². The standard InChI is InChI=1S/C23H28N4O4S/c1-31-21-12-16(10-11-24-21)20-9-8-15-4-2-7-19(15)22(20)25-23(28)26-32(29,30)18-13-27(14-18)17-5-3-6-17/h8-12,17-18H,2-7,13-14H2,1H3,(H2,25,26,28). The van der Waals surface area contributed by atoms with Crippen LogP contribution in [0, 0.1) is 0 Å². The molecule has 2 aliphatic carbocycles. The molecule has 0 bridgehead atoms. The van der Waals surface area contributed by atoms with E-state index >= 15 is 0 Å². The first-order chi connectivity index (χ1) is 15.4. The quantitative estimate of drug-likeness (QED) is 0.693. The average Bonchev–Trinajstić information content (AvgIpc) is 3.17. The van der Waals surface area contributed by atoms with Gasteiger partial charge in [0.05, 0.1) is 12.8 Å². The molecule has 1 aliphatic heterocycles. The van der Waals surface area contributed by atoms with E-state index < -0.39 is 21.3 Å². The van der Waals surface area contributed by atoms with Gasteiger partial charge in [-0.2, -0.15) is 0 Å². The summed E-state index contributed by atoms with van der Waals surface area (Å²) in [4.78, 5) is 19.2. The van der Waals surface area contributed by atoms with E-state index in [1.165, 1.54) is 12.0 Å². The Morgan fingerprint density at radius 3 is 2.69 bits per heavy atom. The molecule has 2 amide bonds. The summed E-state index contributed by atoms with van der Waals surface area (Å²) < 4.78 is 33.0. The van der Waals surface area contributed by atoms with Crippen LogP contribution in [-0.4, -0.2) is 55.8 Å². The van der Waals surface area contributed by atoms with Crippen molar-refractivity contribution >= 4 is 21.7 Å². The summed E-state index contributed by atoms with van der Waals surface area (Å²) in [5.41, 5.74) is 4.57. The van der Waals surface area contributed by atoms with Gasteiger partial charge in [-0.25, -0.2) is 22.9 Å². The lowest BCUT2D eigenvalue weighted by molar-refractivity contribution is 0.0704. The van der Waals surface area contributed by atoms with Crippen LogP contribution < -0.4 is 14.8 Å². The van der Waals surface area contributed by atoms with Gasteiger partial charge in [0.2, 0.25) is 15.9 Å². The molecular weight excluding hydrogens is 428 g/mol. The van der Waals surface area contributed by atoms with Crippen LogP contribution in [0.4, 0.5) is 10.5 Å². The highest BCUT2D eigenvalue weighted by atomic mass is 32.2. The van der Waals surface area contributed by atoms with E-state index in [1.54, 1.807) is 19.4 Å². The molecule has 2 N–H and O–H groups in total. The second-order valence-corrected chi connectivity index (χ2v) is 10.8. The third kappa shape index (κ3) is 3.95. The first kappa shape index (κ1) is 21.2. The number of fused-ring (bicyclic) bond motifs is 1. The van der Waals surface area contributed by atoms with Gasteiger partial charge in [-0.05, 0) is 54.9 Å². The molecule has 3 aliphatic rings. The minimum atomic E-state index is -3.73. The molecule has 1 saturated heterocycles. The smallest absolute Gasteiger partial charge is 0.332 e. The number of hydrogen-bond acceptors (Lipinski definition) is 6. The van der Waals surface area contributed by atoms with Gasteiger partial charge in [0.25, 0.3) is 0 Å². The fourth-order valence-corrected chi connectivity index (χ4v) is 6.06. The minimum absolute atomic E-state index is 0.474. The molecule has 0 spiro atoms. The number of benzene rings is 1. The van der Waals surface area contributed by atoms with Crippen molar-refractivity contribution in [3.05, 3.63) is 41.6 Å². The van der Waals surface area contributed by atoms with Gasteiger partial charge in [-0.3, -0.25) is 4.90 Å². The number of amides is 2. The Morgan fingerprint density at radius 2 is 1.97 bits per heavy atom. The number of rotatable bonds is 6. The van der Waals surface area contributed by atoms with E-state index in [2.05, 4.69) is 26.0 Å². The monoisotopic (exact) mass is 456 g/mol. The minimum Gasteiger partial charge on any atom is -0.481 e. The number of urea groups is 1. The maximum absolute atomic E-state index is 12.8. The van der Waals surface area contributed by atoms with E-state index in [4.69, 9.17) is 4.74 Å². The molecule has 1 aromatic heterocycles. The number of sulfonamides is 1. The molecule has 0 atom stereocenters. The number of carbonyl (C=O) groups excluding carboxylic acids is 1. The number of nitrogens with zero attached hydrogens (tertiary/aromatic N) is 2. The molecule has 2 heterocycles. The van der Waals surface area contributed by atoms with E-state index in [-0.39, 0.29) is 0 Å². The van der Waals surface area contributed by atoms with Crippen LogP contribution in [0.25, 0.3) is 11.1 Å². The molecule has 2 aromatic rings. The molecule has 0 unspecified atom stereocenters. The van der Waals surface area contributed by atoms with Gasteiger partial charge in [-0.15, -0.1) is 0 Å². The molecule has 1 saturated carbocycles. The fraction of sp³-hybridized carbons (Fsp3) is 0.478. The number of anilines is 1. The van der Waals surface area contributed by atoms with Crippen molar-refractivity contribution in [1.82, 2.24) is 14.6 Å². The van der Waals surface area contributed by atoms with Crippen LogP contribution in [0.2, 0.25) is 0 Å². The fourth-order valence-electron chi connectivity index (χ4n) is 4.81. The summed E-state index contributed by atoms with van der Waals surface area (Å²) in [6.45, 7) is 0.992. The molecule has 2 fully saturated rings. The summed E-state index contributed by atoms with van der Waals surface area (Å²) >= 11 is 0. The van der Waals surface area contributed by atoms with Crippen molar-refractivity contribution in [3.8, 4) is 17.0 Å². The van der Waals surface area contributed by atoms with Crippen LogP contribution in [0.3, 0.4) is 0 Å². The number of carbonyl (C=O) groups is 1. The summed E-state index contributed by atoms with van der Waals surface area (Å²) in [5.74, 6) is 0.474. The predicted molar refractivity (Wildman–Crippen MR) is 122 cm³/mol. The van der Waals surface area contributed by atoms with Gasteiger partial charge in [-0.1, -0.05) is 18.6 Å². The number of aromatic nitrogens is 1. The summed E-state index contributed by atoms with van der Waals surface area (Å²) in [5, 5.41) is 2.32. The third-order valence-corrected chi connectivity index (χ3v) is 8.56. The second kappa shape index (κ2) is 8.37. The Bertz CT molecular complexity index is 1140.